The first-order chi connectivity index (χ1) is 12.5. The Hall–Kier alpha value is -3.54. The first-order valence-corrected chi connectivity index (χ1v) is 7.25. The molecule has 1 N–H and O–H groups in total. The van der Waals surface area contributed by atoms with Crippen molar-refractivity contribution in [2.45, 2.75) is 6.61 Å². The predicted molar refractivity (Wildman–Crippen MR) is 85.9 cm³/mol. The maximum Gasteiger partial charge on any atom is 0.387 e. The van der Waals surface area contributed by atoms with Crippen molar-refractivity contribution in [2.24, 2.45) is 5.92 Å². The summed E-state index contributed by atoms with van der Waals surface area (Å²) in [6.45, 7) is -3.07. The number of hydrogen-bond acceptors (Lipinski definition) is 6. The lowest BCUT2D eigenvalue weighted by Gasteiger charge is -2.12. The number of nitrogens with one attached hydrogen (secondary N) is 1. The van der Waals surface area contributed by atoms with Crippen LogP contribution in [0, 0.1) is 17.2 Å². The second kappa shape index (κ2) is 8.53. The molecule has 0 saturated carbocycles. The maximum atomic E-state index is 12.5. The van der Waals surface area contributed by atoms with Crippen LogP contribution in [0.25, 0.3) is 0 Å². The number of amides is 1. The zero-order valence-corrected chi connectivity index (χ0v) is 13.5. The van der Waals surface area contributed by atoms with E-state index in [-0.39, 0.29) is 22.9 Å². The molecule has 7 nitrogen and oxygen atoms in total. The van der Waals surface area contributed by atoms with E-state index < -0.39 is 24.2 Å². The van der Waals surface area contributed by atoms with Crippen LogP contribution >= 0.6 is 0 Å². The molecule has 9 heteroatoms. The average Bonchev–Trinajstić information content (AvgIpc) is 2.63. The van der Waals surface area contributed by atoms with E-state index in [1.165, 1.54) is 25.4 Å². The zero-order valence-electron chi connectivity index (χ0n) is 13.5. The Morgan fingerprint density at radius 1 is 1.23 bits per heavy atom. The summed E-state index contributed by atoms with van der Waals surface area (Å²) < 4.78 is 33.9. The highest BCUT2D eigenvalue weighted by Crippen LogP contribution is 2.30. The van der Waals surface area contributed by atoms with Crippen molar-refractivity contribution in [3.63, 3.8) is 0 Å². The number of carbonyl (C=O) groups is 2. The highest BCUT2D eigenvalue weighted by molar-refractivity contribution is 6.15. The first-order valence-electron chi connectivity index (χ1n) is 7.25. The largest absolute Gasteiger partial charge is 0.493 e. The minimum atomic E-state index is -3.07. The molecule has 1 unspecified atom stereocenters. The van der Waals surface area contributed by atoms with Crippen LogP contribution in [0.4, 0.5) is 14.6 Å². The van der Waals surface area contributed by atoms with Gasteiger partial charge in [-0.2, -0.15) is 14.0 Å². The fourth-order valence-corrected chi connectivity index (χ4v) is 2.05. The number of aromatic nitrogens is 1. The van der Waals surface area contributed by atoms with Gasteiger partial charge in [-0.05, 0) is 30.3 Å². The van der Waals surface area contributed by atoms with Crippen LogP contribution in [0.3, 0.4) is 0 Å². The Bertz CT molecular complexity index is 838. The van der Waals surface area contributed by atoms with E-state index in [1.54, 1.807) is 18.2 Å². The van der Waals surface area contributed by atoms with Gasteiger partial charge in [0.15, 0.2) is 23.2 Å². The summed E-state index contributed by atoms with van der Waals surface area (Å²) in [5.41, 5.74) is -0.0637. The normalized spacial score (nSPS) is 11.3. The number of benzene rings is 1. The van der Waals surface area contributed by atoms with E-state index in [0.717, 1.165) is 12.1 Å². The molecule has 2 rings (SSSR count). The molecule has 0 fully saturated rings. The number of ketones is 1. The molecule has 0 radical (unpaired) electrons. The van der Waals surface area contributed by atoms with E-state index in [4.69, 9.17) is 4.74 Å². The SMILES string of the molecule is COc1cc(C(=O)C(C#N)C(=O)Nc2ccccn2)ccc1OC(F)F. The Morgan fingerprint density at radius 3 is 2.58 bits per heavy atom. The number of rotatable bonds is 7. The molecule has 0 bridgehead atoms. The van der Waals surface area contributed by atoms with Crippen LogP contribution < -0.4 is 14.8 Å². The molecule has 1 amide bonds. The summed E-state index contributed by atoms with van der Waals surface area (Å²) in [5, 5.41) is 11.6. The van der Waals surface area contributed by atoms with Crippen LogP contribution in [0.2, 0.25) is 0 Å². The smallest absolute Gasteiger partial charge is 0.387 e. The van der Waals surface area contributed by atoms with Crippen LogP contribution in [0.5, 0.6) is 11.5 Å². The second-order valence-corrected chi connectivity index (χ2v) is 4.87. The zero-order chi connectivity index (χ0) is 19.1. The summed E-state index contributed by atoms with van der Waals surface area (Å²) in [5.74, 6) is -3.54. The van der Waals surface area contributed by atoms with Gasteiger partial charge in [0.25, 0.3) is 5.91 Å². The van der Waals surface area contributed by atoms with Crippen molar-refractivity contribution >= 4 is 17.5 Å². The van der Waals surface area contributed by atoms with E-state index in [2.05, 4.69) is 15.0 Å². The Kier molecular flexibility index (Phi) is 6.16. The third kappa shape index (κ3) is 4.51. The molecule has 134 valence electrons. The lowest BCUT2D eigenvalue weighted by Crippen LogP contribution is -2.29. The number of anilines is 1. The van der Waals surface area contributed by atoms with E-state index in [0.29, 0.717) is 0 Å². The molecule has 2 aromatic rings. The van der Waals surface area contributed by atoms with Gasteiger partial charge in [-0.25, -0.2) is 4.98 Å². The monoisotopic (exact) mass is 361 g/mol. The summed E-state index contributed by atoms with van der Waals surface area (Å²) in [4.78, 5) is 28.5. The van der Waals surface area contributed by atoms with Gasteiger partial charge in [-0.3, -0.25) is 9.59 Å². The van der Waals surface area contributed by atoms with Crippen LogP contribution in [-0.2, 0) is 4.79 Å². The summed E-state index contributed by atoms with van der Waals surface area (Å²) in [6, 6.07) is 9.77. The van der Waals surface area contributed by atoms with Crippen LogP contribution in [-0.4, -0.2) is 30.4 Å². The van der Waals surface area contributed by atoms with Crippen molar-refractivity contribution in [2.75, 3.05) is 12.4 Å². The molecule has 0 aliphatic rings. The highest BCUT2D eigenvalue weighted by Gasteiger charge is 2.28. The van der Waals surface area contributed by atoms with Crippen molar-refractivity contribution < 1.29 is 27.8 Å². The number of nitrogens with zero attached hydrogens (tertiary/aromatic N) is 2. The molecule has 0 spiro atoms. The standard InChI is InChI=1S/C17H13F2N3O4/c1-25-13-8-10(5-6-12(13)26-17(18)19)15(23)11(9-20)16(24)22-14-4-2-3-7-21-14/h2-8,11,17H,1H3,(H,21,22,24). The molecule has 1 aromatic heterocycles. The van der Waals surface area contributed by atoms with Crippen molar-refractivity contribution in [3.05, 3.63) is 48.2 Å². The molecule has 1 atom stereocenters. The number of nitriles is 1. The number of carbonyl (C=O) groups excluding carboxylic acids is 2. The molecule has 0 aliphatic heterocycles. The van der Waals surface area contributed by atoms with E-state index in [9.17, 15) is 23.6 Å². The Balaban J connectivity index is 2.22. The van der Waals surface area contributed by atoms with Gasteiger partial charge < -0.3 is 14.8 Å². The Morgan fingerprint density at radius 2 is 2.00 bits per heavy atom. The first kappa shape index (κ1) is 18.8. The molecule has 26 heavy (non-hydrogen) atoms. The van der Waals surface area contributed by atoms with Gasteiger partial charge >= 0.3 is 6.61 Å². The number of methoxy groups -OCH3 is 1. The van der Waals surface area contributed by atoms with Crippen LogP contribution in [0.15, 0.2) is 42.6 Å². The fourth-order valence-electron chi connectivity index (χ4n) is 2.05. The number of pyridine rings is 1. The minimum absolute atomic E-state index is 0.0637. The number of Topliss-reactive ketones (excluding diaryl/α,β-unsaturated/α-hetero) is 1. The number of hydrogen-bond donors (Lipinski definition) is 1. The lowest BCUT2D eigenvalue weighted by atomic mass is 9.97. The predicted octanol–water partition coefficient (Wildman–Crippen LogP) is 2.65. The van der Waals surface area contributed by atoms with Gasteiger partial charge in [0, 0.05) is 11.8 Å². The molecular weight excluding hydrogens is 348 g/mol. The Labute approximate surface area is 147 Å². The summed E-state index contributed by atoms with van der Waals surface area (Å²) in [6.07, 6.45) is 1.44. The van der Waals surface area contributed by atoms with Gasteiger partial charge in [0.1, 0.15) is 5.82 Å². The van der Waals surface area contributed by atoms with Crippen molar-refractivity contribution in [1.29, 1.82) is 5.26 Å². The highest BCUT2D eigenvalue weighted by atomic mass is 19.3. The van der Waals surface area contributed by atoms with Gasteiger partial charge in [0.05, 0.1) is 13.2 Å². The van der Waals surface area contributed by atoms with E-state index >= 15 is 0 Å². The number of alkyl halides is 2. The van der Waals surface area contributed by atoms with Gasteiger partial charge in [-0.1, -0.05) is 6.07 Å². The van der Waals surface area contributed by atoms with Crippen molar-refractivity contribution in [1.82, 2.24) is 4.98 Å². The van der Waals surface area contributed by atoms with Gasteiger partial charge in [0.2, 0.25) is 0 Å². The second-order valence-electron chi connectivity index (χ2n) is 4.87. The van der Waals surface area contributed by atoms with E-state index in [1.807, 2.05) is 0 Å². The molecule has 1 heterocycles. The molecular formula is C17H13F2N3O4. The molecule has 0 aliphatic carbocycles. The quantitative estimate of drug-likeness (QED) is 0.601. The minimum Gasteiger partial charge on any atom is -0.493 e. The third-order valence-electron chi connectivity index (χ3n) is 3.23. The maximum absolute atomic E-state index is 12.5. The number of halogens is 2. The summed E-state index contributed by atoms with van der Waals surface area (Å²) in [7, 11) is 1.21. The van der Waals surface area contributed by atoms with Crippen molar-refractivity contribution in [3.8, 4) is 17.6 Å². The fraction of sp³-hybridized carbons (Fsp3) is 0.176. The summed E-state index contributed by atoms with van der Waals surface area (Å²) >= 11 is 0. The molecule has 0 saturated heterocycles. The topological polar surface area (TPSA) is 101 Å². The average molecular weight is 361 g/mol. The van der Waals surface area contributed by atoms with Gasteiger partial charge in [-0.15, -0.1) is 0 Å². The lowest BCUT2D eigenvalue weighted by molar-refractivity contribution is -0.117. The third-order valence-corrected chi connectivity index (χ3v) is 3.23. The van der Waals surface area contributed by atoms with Crippen LogP contribution in [0.1, 0.15) is 10.4 Å². The molecule has 1 aromatic carbocycles. The number of ether oxygens (including phenoxy) is 2.